The maximum Gasteiger partial charge on any atom is 0.433 e. The lowest BCUT2D eigenvalue weighted by Gasteiger charge is -2.40. The number of carbonyl (C=O) groups is 1. The van der Waals surface area contributed by atoms with Crippen molar-refractivity contribution in [3.63, 3.8) is 0 Å². The molecule has 15 heteroatoms. The molecule has 3 fully saturated rings. The van der Waals surface area contributed by atoms with E-state index in [0.29, 0.717) is 83.4 Å². The quantitative estimate of drug-likeness (QED) is 0.296. The van der Waals surface area contributed by atoms with Crippen LogP contribution in [0.5, 0.6) is 0 Å². The Kier molecular flexibility index (Phi) is 10.5. The number of aliphatic imine (C=N–C) groups is 1. The molecule has 1 aromatic rings. The Morgan fingerprint density at radius 3 is 2.40 bits per heavy atom. The first kappa shape index (κ1) is 31.9. The van der Waals surface area contributed by atoms with Crippen molar-refractivity contribution in [2.75, 3.05) is 78.4 Å². The fourth-order valence-corrected chi connectivity index (χ4v) is 7.15. The highest BCUT2D eigenvalue weighted by Gasteiger charge is 2.47. The van der Waals surface area contributed by atoms with Crippen molar-refractivity contribution in [1.29, 1.82) is 0 Å². The van der Waals surface area contributed by atoms with Crippen molar-refractivity contribution >= 4 is 28.9 Å². The average molecular weight is 628 g/mol. The molecule has 1 amide bonds. The summed E-state index contributed by atoms with van der Waals surface area (Å²) in [4.78, 5) is 28.0. The topological polar surface area (TPSA) is 115 Å². The van der Waals surface area contributed by atoms with Gasteiger partial charge in [-0.05, 0) is 78.3 Å². The first-order valence-electron chi connectivity index (χ1n) is 15.2. The summed E-state index contributed by atoms with van der Waals surface area (Å²) in [5.74, 6) is 6.95. The molecule has 240 valence electrons. The van der Waals surface area contributed by atoms with E-state index < -0.39 is 18.2 Å². The molecular formula is C28H44F3N9O2S. The Labute approximate surface area is 255 Å². The van der Waals surface area contributed by atoms with Crippen LogP contribution in [-0.2, 0) is 9.53 Å². The summed E-state index contributed by atoms with van der Waals surface area (Å²) < 4.78 is 49.7. The minimum absolute atomic E-state index is 0.0321. The smallest absolute Gasteiger partial charge is 0.379 e. The van der Waals surface area contributed by atoms with Gasteiger partial charge in [0.05, 0.1) is 24.6 Å². The number of piperidine rings is 2. The minimum atomic E-state index is -4.68. The van der Waals surface area contributed by atoms with E-state index in [2.05, 4.69) is 27.5 Å². The van der Waals surface area contributed by atoms with E-state index in [-0.39, 0.29) is 23.2 Å². The molecule has 0 bridgehead atoms. The van der Waals surface area contributed by atoms with Crippen LogP contribution >= 0.6 is 11.3 Å². The summed E-state index contributed by atoms with van der Waals surface area (Å²) in [6, 6.07) is 0. The standard InChI is InChI=1S/C28H44F3N9O2S/c1-37-11-4-19(5-12-37)23-24(28(29,30)31)40(32)27(35-21-18-43-26(34-21)20-6-13-38(2)14-7-20)36-25(23)33-9-3-10-39-15-17-42-16-8-22(39)41/h18-20,27,35H,3-17,32H2,1-2H3,(H,33,36). The monoisotopic (exact) mass is 627 g/mol. The number of allylic oxidation sites excluding steroid dienone is 1. The predicted molar refractivity (Wildman–Crippen MR) is 160 cm³/mol. The summed E-state index contributed by atoms with van der Waals surface area (Å²) in [5, 5.41) is 9.81. The summed E-state index contributed by atoms with van der Waals surface area (Å²) in [5.41, 5.74) is -0.756. The number of rotatable bonds is 8. The van der Waals surface area contributed by atoms with E-state index in [4.69, 9.17) is 20.6 Å². The number of hydrogen-bond acceptors (Lipinski definition) is 11. The van der Waals surface area contributed by atoms with Crippen LogP contribution in [0.3, 0.4) is 0 Å². The molecule has 11 nitrogen and oxygen atoms in total. The number of nitrogens with zero attached hydrogens (tertiary/aromatic N) is 6. The van der Waals surface area contributed by atoms with Crippen LogP contribution in [0.2, 0.25) is 0 Å². The van der Waals surface area contributed by atoms with Crippen LogP contribution in [0.1, 0.15) is 49.5 Å². The Balaban J connectivity index is 1.35. The fourth-order valence-electron chi connectivity index (χ4n) is 6.21. The van der Waals surface area contributed by atoms with Gasteiger partial charge in [-0.1, -0.05) is 0 Å². The zero-order valence-corrected chi connectivity index (χ0v) is 25.9. The van der Waals surface area contributed by atoms with E-state index in [0.717, 1.165) is 35.9 Å². The third kappa shape index (κ3) is 7.98. The average Bonchev–Trinajstić information content (AvgIpc) is 3.33. The van der Waals surface area contributed by atoms with Crippen LogP contribution in [0.4, 0.5) is 19.0 Å². The van der Waals surface area contributed by atoms with Gasteiger partial charge in [0.1, 0.15) is 17.4 Å². The molecule has 43 heavy (non-hydrogen) atoms. The maximum atomic E-state index is 14.8. The zero-order chi connectivity index (χ0) is 30.6. The molecule has 5 heterocycles. The molecule has 4 N–H and O–H groups in total. The molecule has 5 rings (SSSR count). The lowest BCUT2D eigenvalue weighted by molar-refractivity contribution is -0.130. The molecule has 0 aromatic carbocycles. The predicted octanol–water partition coefficient (Wildman–Crippen LogP) is 2.62. The van der Waals surface area contributed by atoms with Gasteiger partial charge in [-0.2, -0.15) is 13.2 Å². The number of nitrogens with one attached hydrogen (secondary N) is 2. The first-order valence-corrected chi connectivity index (χ1v) is 16.1. The molecule has 1 unspecified atom stereocenters. The number of carbonyl (C=O) groups excluding carboxylic acids is 1. The van der Waals surface area contributed by atoms with Crippen LogP contribution in [-0.4, -0.2) is 122 Å². The second-order valence-corrected chi connectivity index (χ2v) is 12.8. The van der Waals surface area contributed by atoms with Gasteiger partial charge < -0.3 is 30.1 Å². The van der Waals surface area contributed by atoms with Gasteiger partial charge in [0.2, 0.25) is 12.2 Å². The van der Waals surface area contributed by atoms with Gasteiger partial charge in [0.15, 0.2) is 0 Å². The molecule has 1 atom stereocenters. The molecule has 4 aliphatic rings. The van der Waals surface area contributed by atoms with Crippen LogP contribution in [0, 0.1) is 5.92 Å². The van der Waals surface area contributed by atoms with Crippen LogP contribution in [0.15, 0.2) is 21.6 Å². The van der Waals surface area contributed by atoms with Crippen molar-refractivity contribution in [2.45, 2.75) is 56.9 Å². The van der Waals surface area contributed by atoms with Crippen molar-refractivity contribution in [2.24, 2.45) is 16.8 Å². The SMILES string of the molecule is CN1CCC(C2=C(C(F)(F)F)N(N)C(Nc3csc(C4CCN(C)CC4)n3)N=C2NCCCN2CCOCCC2=O)CC1. The molecule has 3 saturated heterocycles. The number of nitrogens with two attached hydrogens (primary N) is 1. The lowest BCUT2D eigenvalue weighted by Crippen LogP contribution is -2.54. The number of aromatic nitrogens is 1. The number of halogens is 3. The highest BCUT2D eigenvalue weighted by atomic mass is 32.1. The number of alkyl halides is 3. The number of ether oxygens (including phenoxy) is 1. The number of thiazole rings is 1. The first-order chi connectivity index (χ1) is 20.6. The number of hydrazine groups is 1. The zero-order valence-electron chi connectivity index (χ0n) is 25.0. The van der Waals surface area contributed by atoms with E-state index >= 15 is 0 Å². The maximum absolute atomic E-state index is 14.8. The summed E-state index contributed by atoms with van der Waals surface area (Å²) in [7, 11) is 4.07. The third-order valence-electron chi connectivity index (χ3n) is 8.76. The van der Waals surface area contributed by atoms with Crippen LogP contribution < -0.4 is 16.5 Å². The number of anilines is 1. The highest BCUT2D eigenvalue weighted by molar-refractivity contribution is 7.10. The Morgan fingerprint density at radius 1 is 1.05 bits per heavy atom. The summed E-state index contributed by atoms with van der Waals surface area (Å²) in [6.45, 7) is 5.63. The van der Waals surface area contributed by atoms with Crippen molar-refractivity contribution < 1.29 is 22.7 Å². The minimum Gasteiger partial charge on any atom is -0.379 e. The summed E-state index contributed by atoms with van der Waals surface area (Å²) in [6.07, 6.45) is -1.82. The van der Waals surface area contributed by atoms with E-state index in [1.54, 1.807) is 4.90 Å². The van der Waals surface area contributed by atoms with Gasteiger partial charge in [-0.25, -0.2) is 15.8 Å². The molecule has 4 aliphatic heterocycles. The Morgan fingerprint density at radius 2 is 1.72 bits per heavy atom. The molecule has 0 saturated carbocycles. The third-order valence-corrected chi connectivity index (χ3v) is 9.77. The van der Waals surface area contributed by atoms with Gasteiger partial charge in [-0.15, -0.1) is 11.3 Å². The Hall–Kier alpha value is -2.46. The molecule has 0 aliphatic carbocycles. The number of hydrogen-bond donors (Lipinski definition) is 3. The van der Waals surface area contributed by atoms with Gasteiger partial charge in [0.25, 0.3) is 0 Å². The Bertz CT molecular complexity index is 1160. The highest BCUT2D eigenvalue weighted by Crippen LogP contribution is 2.39. The fraction of sp³-hybridized carbons (Fsp3) is 0.750. The van der Waals surface area contributed by atoms with E-state index in [9.17, 15) is 18.0 Å². The number of likely N-dealkylation sites (tertiary alicyclic amines) is 2. The van der Waals surface area contributed by atoms with E-state index in [1.807, 2.05) is 12.4 Å². The molecule has 1 aromatic heterocycles. The van der Waals surface area contributed by atoms with Crippen molar-refractivity contribution in [3.8, 4) is 0 Å². The van der Waals surface area contributed by atoms with E-state index in [1.165, 1.54) is 11.3 Å². The molecule has 0 radical (unpaired) electrons. The van der Waals surface area contributed by atoms with Crippen molar-refractivity contribution in [3.05, 3.63) is 21.7 Å². The number of amides is 1. The molecular weight excluding hydrogens is 583 g/mol. The summed E-state index contributed by atoms with van der Waals surface area (Å²) >= 11 is 1.51. The normalized spacial score (nSPS) is 24.4. The molecule has 0 spiro atoms. The van der Waals surface area contributed by atoms with Gasteiger partial charge >= 0.3 is 6.18 Å². The second-order valence-electron chi connectivity index (χ2n) is 11.9. The largest absolute Gasteiger partial charge is 0.433 e. The van der Waals surface area contributed by atoms with Gasteiger partial charge in [-0.3, -0.25) is 9.80 Å². The van der Waals surface area contributed by atoms with Crippen molar-refractivity contribution in [1.82, 2.24) is 30.0 Å². The lowest BCUT2D eigenvalue weighted by atomic mass is 9.86. The number of amidine groups is 1. The second kappa shape index (κ2) is 14.1. The van der Waals surface area contributed by atoms with Gasteiger partial charge in [0, 0.05) is 36.5 Å². The van der Waals surface area contributed by atoms with Crippen LogP contribution in [0.25, 0.3) is 0 Å².